The van der Waals surface area contributed by atoms with Gasteiger partial charge in [0.25, 0.3) is 0 Å². The van der Waals surface area contributed by atoms with Crippen molar-refractivity contribution in [1.29, 1.82) is 0 Å². The van der Waals surface area contributed by atoms with Crippen LogP contribution in [0.15, 0.2) is 60.2 Å². The van der Waals surface area contributed by atoms with Crippen LogP contribution in [-0.4, -0.2) is 4.70 Å². The highest BCUT2D eigenvalue weighted by Gasteiger charge is 2.28. The maximum atomic E-state index is 11.1. The van der Waals surface area contributed by atoms with Crippen molar-refractivity contribution in [2.24, 2.45) is 0 Å². The number of benzene rings is 2. The van der Waals surface area contributed by atoms with Gasteiger partial charge in [-0.25, -0.2) is 4.70 Å². The Morgan fingerprint density at radius 1 is 0.815 bits per heavy atom. The zero-order chi connectivity index (χ0) is 19.2. The summed E-state index contributed by atoms with van der Waals surface area (Å²) in [5.41, 5.74) is 18.9. The minimum atomic E-state index is 0.883. The number of nitrogens with zero attached hydrogens (tertiary/aromatic N) is 2. The fraction of sp³-hybridized carbons (Fsp3) is 0.360. The first-order valence-electron chi connectivity index (χ1n) is 10.3. The van der Waals surface area contributed by atoms with E-state index >= 15 is 0 Å². The fourth-order valence-electron chi connectivity index (χ4n) is 3.71. The first-order chi connectivity index (χ1) is 13.2. The van der Waals surface area contributed by atoms with E-state index in [1.807, 2.05) is 0 Å². The van der Waals surface area contributed by atoms with Crippen molar-refractivity contribution < 1.29 is 4.70 Å². The Balaban J connectivity index is 2.00. The van der Waals surface area contributed by atoms with Gasteiger partial charge in [0.05, 0.1) is 0 Å². The Labute approximate surface area is 163 Å². The lowest BCUT2D eigenvalue weighted by atomic mass is 10.00. The molecule has 0 bridgehead atoms. The standard InChI is InChI=1S/C25H30N2/c1-4-7-8-13-23-18-24(21-14-9-11-19(5-2)16-21)27(26)25(23)22-15-10-12-20(6-3)17-22/h9-12,14-18H,4-8,13H2,1-3H3. The highest BCUT2D eigenvalue weighted by atomic mass is 15.2. The predicted octanol–water partition coefficient (Wildman–Crippen LogP) is 7.19. The molecule has 0 fully saturated rings. The molecule has 2 heteroatoms. The molecule has 1 aliphatic rings. The van der Waals surface area contributed by atoms with Crippen molar-refractivity contribution in [3.8, 4) is 0 Å². The molecule has 0 amide bonds. The van der Waals surface area contributed by atoms with Crippen LogP contribution in [0, 0.1) is 0 Å². The van der Waals surface area contributed by atoms with Gasteiger partial charge in [-0.3, -0.25) is 0 Å². The van der Waals surface area contributed by atoms with Crippen LogP contribution in [0.4, 0.5) is 0 Å². The average Bonchev–Trinajstić information content (AvgIpc) is 3.04. The van der Waals surface area contributed by atoms with Crippen molar-refractivity contribution >= 4 is 11.4 Å². The normalized spacial score (nSPS) is 14.0. The van der Waals surface area contributed by atoms with Gasteiger partial charge < -0.3 is 5.53 Å². The third-order valence-electron chi connectivity index (χ3n) is 5.34. The van der Waals surface area contributed by atoms with Crippen LogP contribution in [0.5, 0.6) is 0 Å². The van der Waals surface area contributed by atoms with Gasteiger partial charge in [0.2, 0.25) is 11.4 Å². The molecule has 1 heterocycles. The molecule has 0 atom stereocenters. The molecule has 27 heavy (non-hydrogen) atoms. The van der Waals surface area contributed by atoms with E-state index < -0.39 is 0 Å². The Morgan fingerprint density at radius 3 is 2.07 bits per heavy atom. The summed E-state index contributed by atoms with van der Waals surface area (Å²) in [5.74, 6) is 0. The number of aryl methyl sites for hydroxylation is 2. The lowest BCUT2D eigenvalue weighted by molar-refractivity contribution is -0.344. The predicted molar refractivity (Wildman–Crippen MR) is 114 cm³/mol. The molecule has 3 rings (SSSR count). The summed E-state index contributed by atoms with van der Waals surface area (Å²) in [6.45, 7) is 6.56. The van der Waals surface area contributed by atoms with Gasteiger partial charge in [-0.05, 0) is 61.1 Å². The first kappa shape index (κ1) is 19.3. The summed E-state index contributed by atoms with van der Waals surface area (Å²) in [6, 6.07) is 17.0. The number of allylic oxidation sites excluding steroid dienone is 2. The largest absolute Gasteiger partial charge is 0.493 e. The molecule has 0 unspecified atom stereocenters. The molecule has 140 valence electrons. The smallest absolute Gasteiger partial charge is 0.210 e. The van der Waals surface area contributed by atoms with E-state index in [2.05, 4.69) is 75.4 Å². The van der Waals surface area contributed by atoms with Gasteiger partial charge in [-0.1, -0.05) is 57.9 Å². The van der Waals surface area contributed by atoms with E-state index in [1.165, 1.54) is 34.2 Å². The molecule has 2 aromatic rings. The van der Waals surface area contributed by atoms with Crippen LogP contribution in [0.2, 0.25) is 0 Å². The van der Waals surface area contributed by atoms with Gasteiger partial charge in [-0.2, -0.15) is 0 Å². The highest BCUT2D eigenvalue weighted by Crippen LogP contribution is 2.37. The van der Waals surface area contributed by atoms with Crippen molar-refractivity contribution in [2.75, 3.05) is 0 Å². The lowest BCUT2D eigenvalue weighted by Gasteiger charge is -2.11. The second-order valence-corrected chi connectivity index (χ2v) is 7.28. The van der Waals surface area contributed by atoms with Gasteiger partial charge >= 0.3 is 0 Å². The van der Waals surface area contributed by atoms with E-state index in [1.54, 1.807) is 0 Å². The number of unbranched alkanes of at least 4 members (excludes halogenated alkanes) is 2. The van der Waals surface area contributed by atoms with Crippen LogP contribution in [0.1, 0.15) is 68.7 Å². The third kappa shape index (κ3) is 4.27. The summed E-state index contributed by atoms with van der Waals surface area (Å²) in [7, 11) is 0. The molecule has 1 aliphatic heterocycles. The molecule has 0 radical (unpaired) electrons. The maximum Gasteiger partial charge on any atom is 0.210 e. The minimum Gasteiger partial charge on any atom is -0.493 e. The van der Waals surface area contributed by atoms with Crippen LogP contribution >= 0.6 is 0 Å². The summed E-state index contributed by atoms with van der Waals surface area (Å²) < 4.78 is 1.41. The van der Waals surface area contributed by atoms with Gasteiger partial charge in [0.1, 0.15) is 0 Å². The van der Waals surface area contributed by atoms with Crippen molar-refractivity contribution in [2.45, 2.75) is 59.3 Å². The average molecular weight is 359 g/mol. The second-order valence-electron chi connectivity index (χ2n) is 7.28. The fourth-order valence-corrected chi connectivity index (χ4v) is 3.71. The Bertz CT molecular complexity index is 887. The van der Waals surface area contributed by atoms with Crippen LogP contribution < -0.4 is 0 Å². The molecule has 0 saturated heterocycles. The maximum absolute atomic E-state index is 11.1. The summed E-state index contributed by atoms with van der Waals surface area (Å²) in [5, 5.41) is 0. The molecule has 0 N–H and O–H groups in total. The second kappa shape index (κ2) is 8.94. The molecular formula is C25H30N2. The van der Waals surface area contributed by atoms with E-state index in [-0.39, 0.29) is 0 Å². The summed E-state index contributed by atoms with van der Waals surface area (Å²) in [6.07, 6.45) is 8.73. The lowest BCUT2D eigenvalue weighted by Crippen LogP contribution is -2.03. The molecule has 2 nitrogen and oxygen atoms in total. The van der Waals surface area contributed by atoms with Crippen LogP contribution in [0.3, 0.4) is 0 Å². The molecular weight excluding hydrogens is 328 g/mol. The first-order valence-corrected chi connectivity index (χ1v) is 10.3. The number of hydrogen-bond donors (Lipinski definition) is 0. The molecule has 0 aromatic heterocycles. The SMILES string of the molecule is CCCCCC1=C(c2cccc(CC)c2)[N+](=[N-])C(c2cccc(CC)c2)=C1. The highest BCUT2D eigenvalue weighted by molar-refractivity contribution is 5.78. The molecule has 0 aliphatic carbocycles. The van der Waals surface area contributed by atoms with Gasteiger partial charge in [0, 0.05) is 22.8 Å². The van der Waals surface area contributed by atoms with E-state index in [0.29, 0.717) is 0 Å². The van der Waals surface area contributed by atoms with Crippen molar-refractivity contribution in [3.05, 3.63) is 88.0 Å². The minimum absolute atomic E-state index is 0.883. The molecule has 0 saturated carbocycles. The Kier molecular flexibility index (Phi) is 6.39. The van der Waals surface area contributed by atoms with E-state index in [4.69, 9.17) is 0 Å². The Hall–Kier alpha value is -2.48. The number of hydrogen-bond acceptors (Lipinski definition) is 0. The summed E-state index contributed by atoms with van der Waals surface area (Å²) in [4.78, 5) is 0. The van der Waals surface area contributed by atoms with Crippen LogP contribution in [-0.2, 0) is 12.8 Å². The molecule has 0 spiro atoms. The zero-order valence-corrected chi connectivity index (χ0v) is 16.8. The van der Waals surface area contributed by atoms with Gasteiger partial charge in [0.15, 0.2) is 0 Å². The monoisotopic (exact) mass is 358 g/mol. The summed E-state index contributed by atoms with van der Waals surface area (Å²) >= 11 is 0. The quantitative estimate of drug-likeness (QED) is 0.352. The topological polar surface area (TPSA) is 25.3 Å². The van der Waals surface area contributed by atoms with E-state index in [0.717, 1.165) is 48.2 Å². The van der Waals surface area contributed by atoms with E-state index in [9.17, 15) is 5.53 Å². The van der Waals surface area contributed by atoms with Crippen molar-refractivity contribution in [1.82, 2.24) is 0 Å². The Morgan fingerprint density at radius 2 is 1.44 bits per heavy atom. The zero-order valence-electron chi connectivity index (χ0n) is 16.8. The molecule has 2 aromatic carbocycles. The van der Waals surface area contributed by atoms with Gasteiger partial charge in [-0.15, -0.1) is 0 Å². The van der Waals surface area contributed by atoms with Crippen LogP contribution in [0.25, 0.3) is 16.9 Å². The van der Waals surface area contributed by atoms with Crippen molar-refractivity contribution in [3.63, 3.8) is 0 Å². The third-order valence-corrected chi connectivity index (χ3v) is 5.34. The number of rotatable bonds is 8.